The maximum Gasteiger partial charge on any atom is 0.343 e. The Balaban J connectivity index is 1.29. The number of ether oxygens (including phenoxy) is 2. The summed E-state index contributed by atoms with van der Waals surface area (Å²) in [6.45, 7) is 5.27. The van der Waals surface area contributed by atoms with E-state index in [0.717, 1.165) is 46.9 Å². The van der Waals surface area contributed by atoms with Crippen molar-refractivity contribution in [1.82, 2.24) is 0 Å². The lowest BCUT2D eigenvalue weighted by Gasteiger charge is -2.21. The highest BCUT2D eigenvalue weighted by molar-refractivity contribution is 5.91. The van der Waals surface area contributed by atoms with E-state index >= 15 is 0 Å². The first-order chi connectivity index (χ1) is 17.9. The number of rotatable bonds is 11. The third-order valence-corrected chi connectivity index (χ3v) is 7.33. The molecule has 0 aromatic heterocycles. The highest BCUT2D eigenvalue weighted by Crippen LogP contribution is 2.29. The Hall–Kier alpha value is -3.60. The molecule has 0 saturated carbocycles. The molecule has 3 aromatic rings. The van der Waals surface area contributed by atoms with E-state index in [4.69, 9.17) is 9.47 Å². The van der Waals surface area contributed by atoms with Crippen LogP contribution in [0.4, 0.5) is 0 Å². The Morgan fingerprint density at radius 1 is 0.919 bits per heavy atom. The molecule has 1 unspecified atom stereocenters. The van der Waals surface area contributed by atoms with Crippen molar-refractivity contribution in [3.05, 3.63) is 83.4 Å². The fourth-order valence-electron chi connectivity index (χ4n) is 4.70. The van der Waals surface area contributed by atoms with Crippen molar-refractivity contribution in [2.24, 2.45) is 11.8 Å². The van der Waals surface area contributed by atoms with Crippen molar-refractivity contribution in [3.63, 3.8) is 0 Å². The number of hydrogen-bond acceptors (Lipinski definition) is 4. The average Bonchev–Trinajstić information content (AvgIpc) is 2.92. The summed E-state index contributed by atoms with van der Waals surface area (Å²) in [5.74, 6) is 0.631. The second-order valence-electron chi connectivity index (χ2n) is 10.1. The van der Waals surface area contributed by atoms with E-state index in [0.29, 0.717) is 30.6 Å². The zero-order chi connectivity index (χ0) is 26.2. The Kier molecular flexibility index (Phi) is 8.99. The molecule has 0 amide bonds. The van der Waals surface area contributed by atoms with Gasteiger partial charge in [0.15, 0.2) is 0 Å². The maximum absolute atomic E-state index is 12.7. The lowest BCUT2D eigenvalue weighted by atomic mass is 9.84. The minimum Gasteiger partial charge on any atom is -0.494 e. The number of carboxylic acid groups (broad SMARTS) is 1. The Bertz CT molecular complexity index is 1200. The number of fused-ring (bicyclic) bond motifs is 1. The molecule has 194 valence electrons. The lowest BCUT2D eigenvalue weighted by molar-refractivity contribution is -0.142. The molecule has 0 spiro atoms. The molecule has 0 heterocycles. The van der Waals surface area contributed by atoms with Gasteiger partial charge in [-0.15, -0.1) is 0 Å². The highest BCUT2D eigenvalue weighted by atomic mass is 16.5. The van der Waals surface area contributed by atoms with Gasteiger partial charge in [-0.25, -0.2) is 4.79 Å². The van der Waals surface area contributed by atoms with Crippen LogP contribution in [0.5, 0.6) is 11.5 Å². The van der Waals surface area contributed by atoms with Crippen molar-refractivity contribution in [2.45, 2.75) is 58.8 Å². The molecule has 1 aliphatic rings. The summed E-state index contributed by atoms with van der Waals surface area (Å²) < 4.78 is 11.5. The van der Waals surface area contributed by atoms with E-state index in [9.17, 15) is 14.7 Å². The normalized spacial score (nSPS) is 15.5. The van der Waals surface area contributed by atoms with Crippen LogP contribution >= 0.6 is 0 Å². The van der Waals surface area contributed by atoms with Crippen LogP contribution < -0.4 is 9.47 Å². The Morgan fingerprint density at radius 3 is 2.27 bits per heavy atom. The van der Waals surface area contributed by atoms with Crippen molar-refractivity contribution >= 4 is 11.9 Å². The van der Waals surface area contributed by atoms with Crippen LogP contribution in [-0.4, -0.2) is 23.7 Å². The van der Waals surface area contributed by atoms with Crippen molar-refractivity contribution in [2.75, 3.05) is 6.61 Å². The fourth-order valence-corrected chi connectivity index (χ4v) is 4.70. The molecule has 37 heavy (non-hydrogen) atoms. The number of unbranched alkanes of at least 4 members (excludes halogenated alkanes) is 1. The zero-order valence-electron chi connectivity index (χ0n) is 21.7. The molecule has 2 atom stereocenters. The van der Waals surface area contributed by atoms with Gasteiger partial charge in [-0.2, -0.15) is 0 Å². The van der Waals surface area contributed by atoms with E-state index in [1.165, 1.54) is 19.3 Å². The minimum atomic E-state index is -0.753. The zero-order valence-corrected chi connectivity index (χ0v) is 21.7. The number of carbonyl (C=O) groups excluding carboxylic acids is 1. The van der Waals surface area contributed by atoms with Crippen molar-refractivity contribution in [3.8, 4) is 22.6 Å². The van der Waals surface area contributed by atoms with Crippen LogP contribution in [0.2, 0.25) is 0 Å². The van der Waals surface area contributed by atoms with E-state index in [2.05, 4.69) is 13.8 Å². The van der Waals surface area contributed by atoms with Gasteiger partial charge in [-0.3, -0.25) is 4.79 Å². The molecule has 0 bridgehead atoms. The predicted octanol–water partition coefficient (Wildman–Crippen LogP) is 7.36. The standard InChI is InChI=1S/C32H36O5/c1-3-22(2)6-4-5-19-36-29-16-13-24(14-17-29)23-7-9-25(10-8-23)32(35)37-30-18-15-26-20-28(31(33)34)12-11-27(26)21-30/h7-10,13-18,21-22,28H,3-6,11-12,19-20H2,1-2H3,(H,33,34)/t22-,28?/m0/s1. The number of aryl methyl sites for hydroxylation is 1. The molecule has 5 nitrogen and oxygen atoms in total. The smallest absolute Gasteiger partial charge is 0.343 e. The van der Waals surface area contributed by atoms with Gasteiger partial charge in [0.05, 0.1) is 18.1 Å². The summed E-state index contributed by atoms with van der Waals surface area (Å²) in [5.41, 5.74) is 4.61. The third-order valence-electron chi connectivity index (χ3n) is 7.33. The monoisotopic (exact) mass is 500 g/mol. The fraction of sp³-hybridized carbons (Fsp3) is 0.375. The van der Waals surface area contributed by atoms with Gasteiger partial charge in [-0.05, 0) is 96.7 Å². The molecular formula is C32H36O5. The van der Waals surface area contributed by atoms with Gasteiger partial charge in [-0.1, -0.05) is 57.0 Å². The van der Waals surface area contributed by atoms with Crippen LogP contribution in [0.3, 0.4) is 0 Å². The Morgan fingerprint density at radius 2 is 1.59 bits per heavy atom. The van der Waals surface area contributed by atoms with Crippen LogP contribution in [0.1, 0.15) is 67.4 Å². The first-order valence-corrected chi connectivity index (χ1v) is 13.3. The van der Waals surface area contributed by atoms with Crippen LogP contribution in [0, 0.1) is 11.8 Å². The summed E-state index contributed by atoms with van der Waals surface area (Å²) in [4.78, 5) is 24.0. The summed E-state index contributed by atoms with van der Waals surface area (Å²) in [5, 5.41) is 9.26. The van der Waals surface area contributed by atoms with Gasteiger partial charge in [0, 0.05) is 0 Å². The molecule has 0 fully saturated rings. The summed E-state index contributed by atoms with van der Waals surface area (Å²) in [6.07, 6.45) is 6.55. The molecule has 0 aliphatic heterocycles. The topological polar surface area (TPSA) is 72.8 Å². The lowest BCUT2D eigenvalue weighted by Crippen LogP contribution is -2.22. The molecular weight excluding hydrogens is 464 g/mol. The van der Waals surface area contributed by atoms with Crippen LogP contribution in [0.15, 0.2) is 66.7 Å². The molecule has 3 aromatic carbocycles. The van der Waals surface area contributed by atoms with Crippen LogP contribution in [0.25, 0.3) is 11.1 Å². The summed E-state index contributed by atoms with van der Waals surface area (Å²) in [6, 6.07) is 20.9. The average molecular weight is 501 g/mol. The largest absolute Gasteiger partial charge is 0.494 e. The first kappa shape index (κ1) is 26.5. The number of hydrogen-bond donors (Lipinski definition) is 1. The molecule has 4 rings (SSSR count). The predicted molar refractivity (Wildman–Crippen MR) is 145 cm³/mol. The molecule has 0 radical (unpaired) electrons. The van der Waals surface area contributed by atoms with E-state index < -0.39 is 11.9 Å². The number of esters is 1. The summed E-state index contributed by atoms with van der Waals surface area (Å²) in [7, 11) is 0. The van der Waals surface area contributed by atoms with E-state index in [1.54, 1.807) is 18.2 Å². The second kappa shape index (κ2) is 12.6. The number of carbonyl (C=O) groups is 2. The molecule has 1 aliphatic carbocycles. The SMILES string of the molecule is CC[C@H](C)CCCCOc1ccc(-c2ccc(C(=O)Oc3ccc4c(c3)CCC(C(=O)O)C4)cc2)cc1. The van der Waals surface area contributed by atoms with Gasteiger partial charge in [0.1, 0.15) is 11.5 Å². The van der Waals surface area contributed by atoms with E-state index in [-0.39, 0.29) is 5.92 Å². The highest BCUT2D eigenvalue weighted by Gasteiger charge is 2.24. The molecule has 0 saturated heterocycles. The molecule has 1 N–H and O–H groups in total. The van der Waals surface area contributed by atoms with Gasteiger partial charge < -0.3 is 14.6 Å². The number of carboxylic acids is 1. The van der Waals surface area contributed by atoms with Gasteiger partial charge >= 0.3 is 11.9 Å². The number of aliphatic carboxylic acids is 1. The van der Waals surface area contributed by atoms with Crippen molar-refractivity contribution in [1.29, 1.82) is 0 Å². The van der Waals surface area contributed by atoms with Gasteiger partial charge in [0.2, 0.25) is 0 Å². The minimum absolute atomic E-state index is 0.340. The van der Waals surface area contributed by atoms with E-state index in [1.807, 2.05) is 48.5 Å². The third kappa shape index (κ3) is 7.22. The summed E-state index contributed by atoms with van der Waals surface area (Å²) >= 11 is 0. The second-order valence-corrected chi connectivity index (χ2v) is 10.1. The molecule has 5 heteroatoms. The maximum atomic E-state index is 12.7. The quantitative estimate of drug-likeness (QED) is 0.169. The van der Waals surface area contributed by atoms with Gasteiger partial charge in [0.25, 0.3) is 0 Å². The van der Waals surface area contributed by atoms with Crippen LogP contribution in [-0.2, 0) is 17.6 Å². The number of benzene rings is 3. The Labute approximate surface area is 219 Å². The first-order valence-electron chi connectivity index (χ1n) is 13.3. The van der Waals surface area contributed by atoms with Crippen molar-refractivity contribution < 1.29 is 24.2 Å².